The zero-order valence-electron chi connectivity index (χ0n) is 14.2. The highest BCUT2D eigenvalue weighted by atomic mass is 35.5. The van der Waals surface area contributed by atoms with Crippen LogP contribution in [0.4, 0.5) is 4.79 Å². The minimum atomic E-state index is -0.541. The van der Waals surface area contributed by atoms with Crippen LogP contribution in [0.15, 0.2) is 28.7 Å². The van der Waals surface area contributed by atoms with Crippen LogP contribution in [-0.4, -0.2) is 54.4 Å². The third-order valence-corrected chi connectivity index (χ3v) is 4.59. The molecule has 7 nitrogen and oxygen atoms in total. The number of ether oxygens (including phenoxy) is 2. The molecule has 0 saturated carbocycles. The summed E-state index contributed by atoms with van der Waals surface area (Å²) < 4.78 is 17.7. The molecule has 8 heteroatoms. The number of furan rings is 1. The molecule has 2 aromatic heterocycles. The van der Waals surface area contributed by atoms with E-state index >= 15 is 0 Å². The van der Waals surface area contributed by atoms with Gasteiger partial charge in [-0.05, 0) is 25.1 Å². The highest BCUT2D eigenvalue weighted by Gasteiger charge is 2.26. The number of fused-ring (bicyclic) bond motifs is 3. The van der Waals surface area contributed by atoms with Gasteiger partial charge >= 0.3 is 6.09 Å². The van der Waals surface area contributed by atoms with Gasteiger partial charge < -0.3 is 18.8 Å². The van der Waals surface area contributed by atoms with Crippen LogP contribution >= 0.6 is 11.6 Å². The number of rotatable bonds is 2. The first kappa shape index (κ1) is 16.9. The summed E-state index contributed by atoms with van der Waals surface area (Å²) >= 11 is 6.08. The number of hydrogen-bond acceptors (Lipinski definition) is 5. The molecule has 0 atom stereocenters. The zero-order chi connectivity index (χ0) is 18.3. The van der Waals surface area contributed by atoms with Crippen molar-refractivity contribution >= 4 is 45.6 Å². The lowest BCUT2D eigenvalue weighted by molar-refractivity contribution is 0.0284. The maximum Gasteiger partial charge on any atom is 0.419 e. The van der Waals surface area contributed by atoms with Gasteiger partial charge in [-0.25, -0.2) is 9.36 Å². The molecule has 0 N–H and O–H groups in total. The van der Waals surface area contributed by atoms with Crippen LogP contribution in [0.3, 0.4) is 0 Å². The van der Waals surface area contributed by atoms with Crippen molar-refractivity contribution in [3.05, 3.63) is 35.0 Å². The smallest absolute Gasteiger partial charge is 0.419 e. The molecular formula is C18H17ClN2O5. The molecular weight excluding hydrogens is 360 g/mol. The van der Waals surface area contributed by atoms with Crippen molar-refractivity contribution in [3.8, 4) is 0 Å². The minimum Gasteiger partial charge on any atom is -0.449 e. The molecule has 1 aliphatic heterocycles. The average molecular weight is 377 g/mol. The molecule has 0 unspecified atom stereocenters. The van der Waals surface area contributed by atoms with Crippen LogP contribution in [0.1, 0.15) is 17.5 Å². The maximum absolute atomic E-state index is 12.7. The van der Waals surface area contributed by atoms with Crippen LogP contribution in [-0.2, 0) is 9.47 Å². The predicted molar refractivity (Wildman–Crippen MR) is 95.9 cm³/mol. The van der Waals surface area contributed by atoms with E-state index in [1.165, 1.54) is 4.57 Å². The van der Waals surface area contributed by atoms with Crippen LogP contribution < -0.4 is 0 Å². The summed E-state index contributed by atoms with van der Waals surface area (Å²) in [6.07, 6.45) is -0.541. The fourth-order valence-electron chi connectivity index (χ4n) is 3.16. The number of nitrogens with zero attached hydrogens (tertiary/aromatic N) is 2. The van der Waals surface area contributed by atoms with E-state index in [1.54, 1.807) is 36.1 Å². The number of benzene rings is 1. The van der Waals surface area contributed by atoms with Crippen molar-refractivity contribution in [2.24, 2.45) is 0 Å². The second kappa shape index (κ2) is 6.66. The summed E-state index contributed by atoms with van der Waals surface area (Å²) in [4.78, 5) is 26.8. The molecule has 0 radical (unpaired) electrons. The van der Waals surface area contributed by atoms with Crippen molar-refractivity contribution in [2.75, 3.05) is 32.9 Å². The van der Waals surface area contributed by atoms with Crippen LogP contribution in [0.25, 0.3) is 22.0 Å². The Balaban J connectivity index is 1.85. The van der Waals surface area contributed by atoms with Gasteiger partial charge in [-0.15, -0.1) is 0 Å². The standard InChI is InChI=1S/C18H17ClN2O5/c1-2-25-18(23)21-13-9-11(19)3-4-12(13)16-14(21)10-15(26-16)17(22)20-5-7-24-8-6-20/h3-4,9-10H,2,5-8H2,1H3. The van der Waals surface area contributed by atoms with Gasteiger partial charge in [0.25, 0.3) is 5.91 Å². The molecule has 26 heavy (non-hydrogen) atoms. The van der Waals surface area contributed by atoms with Gasteiger partial charge in [0.2, 0.25) is 0 Å². The molecule has 0 bridgehead atoms. The molecule has 1 aromatic carbocycles. The molecule has 1 amide bonds. The topological polar surface area (TPSA) is 73.9 Å². The van der Waals surface area contributed by atoms with E-state index < -0.39 is 6.09 Å². The summed E-state index contributed by atoms with van der Waals surface area (Å²) in [5, 5.41) is 1.19. The normalized spacial score (nSPS) is 14.9. The van der Waals surface area contributed by atoms with Crippen molar-refractivity contribution < 1.29 is 23.5 Å². The third-order valence-electron chi connectivity index (χ3n) is 4.36. The SMILES string of the molecule is CCOC(=O)n1c2cc(Cl)ccc2c2oc(C(=O)N3CCOCC3)cc21. The Kier molecular flexibility index (Phi) is 4.34. The summed E-state index contributed by atoms with van der Waals surface area (Å²) in [6.45, 7) is 4.00. The molecule has 1 fully saturated rings. The van der Waals surface area contributed by atoms with Gasteiger partial charge in [-0.2, -0.15) is 0 Å². The third kappa shape index (κ3) is 2.73. The molecule has 1 aliphatic rings. The van der Waals surface area contributed by atoms with Gasteiger partial charge in [0, 0.05) is 29.6 Å². The number of carbonyl (C=O) groups is 2. The zero-order valence-corrected chi connectivity index (χ0v) is 14.9. The summed E-state index contributed by atoms with van der Waals surface area (Å²) in [7, 11) is 0. The van der Waals surface area contributed by atoms with Crippen LogP contribution in [0.5, 0.6) is 0 Å². The van der Waals surface area contributed by atoms with Gasteiger partial charge in [0.1, 0.15) is 0 Å². The van der Waals surface area contributed by atoms with Crippen molar-refractivity contribution in [1.29, 1.82) is 0 Å². The fraction of sp³-hybridized carbons (Fsp3) is 0.333. The molecule has 1 saturated heterocycles. The van der Waals surface area contributed by atoms with Gasteiger partial charge in [-0.1, -0.05) is 11.6 Å². The van der Waals surface area contributed by atoms with Gasteiger partial charge in [-0.3, -0.25) is 4.79 Å². The van der Waals surface area contributed by atoms with Crippen molar-refractivity contribution in [3.63, 3.8) is 0 Å². The Morgan fingerprint density at radius 1 is 1.19 bits per heavy atom. The van der Waals surface area contributed by atoms with Crippen LogP contribution in [0, 0.1) is 0 Å². The summed E-state index contributed by atoms with van der Waals surface area (Å²) in [6, 6.07) is 6.73. The Bertz CT molecular complexity index is 1000. The summed E-state index contributed by atoms with van der Waals surface area (Å²) in [5.74, 6) is -0.0335. The largest absolute Gasteiger partial charge is 0.449 e. The Morgan fingerprint density at radius 2 is 1.96 bits per heavy atom. The second-order valence-corrected chi connectivity index (χ2v) is 6.36. The van der Waals surface area contributed by atoms with E-state index in [9.17, 15) is 9.59 Å². The highest BCUT2D eigenvalue weighted by molar-refractivity contribution is 6.31. The number of halogens is 1. The second-order valence-electron chi connectivity index (χ2n) is 5.93. The quantitative estimate of drug-likeness (QED) is 0.684. The van der Waals surface area contributed by atoms with E-state index in [-0.39, 0.29) is 18.3 Å². The van der Waals surface area contributed by atoms with Crippen LogP contribution in [0.2, 0.25) is 5.02 Å². The maximum atomic E-state index is 12.7. The van der Waals surface area contributed by atoms with E-state index in [0.717, 1.165) is 0 Å². The van der Waals surface area contributed by atoms with Crippen molar-refractivity contribution in [2.45, 2.75) is 6.92 Å². The minimum absolute atomic E-state index is 0.187. The monoisotopic (exact) mass is 376 g/mol. The molecule has 4 rings (SSSR count). The number of aromatic nitrogens is 1. The Labute approximate surface area is 154 Å². The number of hydrogen-bond donors (Lipinski definition) is 0. The Hall–Kier alpha value is -2.51. The van der Waals surface area contributed by atoms with E-state index in [0.29, 0.717) is 53.3 Å². The first-order valence-corrected chi connectivity index (χ1v) is 8.75. The lowest BCUT2D eigenvalue weighted by atomic mass is 10.2. The lowest BCUT2D eigenvalue weighted by Crippen LogP contribution is -2.40. The first-order chi connectivity index (χ1) is 12.6. The first-order valence-electron chi connectivity index (χ1n) is 8.38. The fourth-order valence-corrected chi connectivity index (χ4v) is 3.33. The lowest BCUT2D eigenvalue weighted by Gasteiger charge is -2.25. The number of morpholine rings is 1. The van der Waals surface area contributed by atoms with E-state index in [4.69, 9.17) is 25.5 Å². The number of amides is 1. The highest BCUT2D eigenvalue weighted by Crippen LogP contribution is 2.33. The predicted octanol–water partition coefficient (Wildman–Crippen LogP) is 3.52. The van der Waals surface area contributed by atoms with Gasteiger partial charge in [0.05, 0.1) is 30.9 Å². The van der Waals surface area contributed by atoms with E-state index in [2.05, 4.69) is 0 Å². The summed E-state index contributed by atoms with van der Waals surface area (Å²) in [5.41, 5.74) is 1.52. The molecule has 136 valence electrons. The average Bonchev–Trinajstić information content (AvgIpc) is 3.18. The molecule has 0 spiro atoms. The van der Waals surface area contributed by atoms with E-state index in [1.807, 2.05) is 0 Å². The van der Waals surface area contributed by atoms with Gasteiger partial charge in [0.15, 0.2) is 11.3 Å². The Morgan fingerprint density at radius 3 is 2.69 bits per heavy atom. The molecule has 3 aromatic rings. The number of carbonyl (C=O) groups excluding carboxylic acids is 2. The molecule has 3 heterocycles. The van der Waals surface area contributed by atoms with Crippen molar-refractivity contribution in [1.82, 2.24) is 9.47 Å². The molecule has 0 aliphatic carbocycles.